The fraction of sp³-hybridized carbons (Fsp3) is 0.714. The van der Waals surface area contributed by atoms with E-state index in [-0.39, 0.29) is 0 Å². The van der Waals surface area contributed by atoms with Gasteiger partial charge in [0, 0.05) is 39.9 Å². The Labute approximate surface area is 123 Å². The summed E-state index contributed by atoms with van der Waals surface area (Å²) >= 11 is 5.44. The first kappa shape index (κ1) is 14.5. The maximum absolute atomic E-state index is 3.57. The van der Waals surface area contributed by atoms with Gasteiger partial charge in [-0.3, -0.25) is 0 Å². The van der Waals surface area contributed by atoms with Crippen LogP contribution in [-0.2, 0) is 6.54 Å². The second kappa shape index (κ2) is 7.04. The first-order valence-electron chi connectivity index (χ1n) is 6.82. The van der Waals surface area contributed by atoms with Gasteiger partial charge >= 0.3 is 0 Å². The fourth-order valence-corrected chi connectivity index (χ4v) is 4.17. The summed E-state index contributed by atoms with van der Waals surface area (Å²) in [6.07, 6.45) is 5.64. The van der Waals surface area contributed by atoms with Crippen molar-refractivity contribution in [1.82, 2.24) is 10.2 Å². The molecule has 1 aromatic rings. The molecule has 0 saturated heterocycles. The van der Waals surface area contributed by atoms with Crippen molar-refractivity contribution >= 4 is 27.3 Å². The van der Waals surface area contributed by atoms with Crippen LogP contribution in [0.1, 0.15) is 35.4 Å². The summed E-state index contributed by atoms with van der Waals surface area (Å²) in [7, 11) is 2.27. The zero-order chi connectivity index (χ0) is 13.0. The van der Waals surface area contributed by atoms with Gasteiger partial charge in [0.1, 0.15) is 0 Å². The molecule has 0 aromatic carbocycles. The Bertz CT molecular complexity index is 352. The summed E-state index contributed by atoms with van der Waals surface area (Å²) in [5.41, 5.74) is 0. The molecule has 102 valence electrons. The highest BCUT2D eigenvalue weighted by Crippen LogP contribution is 2.26. The van der Waals surface area contributed by atoms with Crippen molar-refractivity contribution in [2.45, 2.75) is 45.2 Å². The minimum Gasteiger partial charge on any atom is -0.311 e. The minimum absolute atomic E-state index is 0.838. The van der Waals surface area contributed by atoms with Gasteiger partial charge in [-0.25, -0.2) is 0 Å². The standard InChI is InChI=1S/C14H23BrN2S/c1-11-14(15)9-13(18-11)10-16-7-8-17(2)12-5-3-4-6-12/h9,12,16H,3-8,10H2,1-2H3. The average molecular weight is 331 g/mol. The van der Waals surface area contributed by atoms with E-state index in [4.69, 9.17) is 0 Å². The van der Waals surface area contributed by atoms with E-state index >= 15 is 0 Å². The Morgan fingerprint density at radius 3 is 2.78 bits per heavy atom. The van der Waals surface area contributed by atoms with Gasteiger partial charge in [-0.05, 0) is 48.8 Å². The van der Waals surface area contributed by atoms with E-state index in [0.29, 0.717) is 0 Å². The predicted molar refractivity (Wildman–Crippen MR) is 83.3 cm³/mol. The van der Waals surface area contributed by atoms with Gasteiger partial charge in [0.2, 0.25) is 0 Å². The lowest BCUT2D eigenvalue weighted by Crippen LogP contribution is -2.35. The van der Waals surface area contributed by atoms with Crippen molar-refractivity contribution in [3.63, 3.8) is 0 Å². The van der Waals surface area contributed by atoms with E-state index in [1.165, 1.54) is 39.9 Å². The lowest BCUT2D eigenvalue weighted by molar-refractivity contribution is 0.245. The first-order valence-corrected chi connectivity index (χ1v) is 8.43. The highest BCUT2D eigenvalue weighted by Gasteiger charge is 2.18. The van der Waals surface area contributed by atoms with Crippen LogP contribution in [0, 0.1) is 6.92 Å². The van der Waals surface area contributed by atoms with Gasteiger partial charge in [0.25, 0.3) is 0 Å². The van der Waals surface area contributed by atoms with Crippen LogP contribution >= 0.6 is 27.3 Å². The van der Waals surface area contributed by atoms with Crippen LogP contribution in [0.25, 0.3) is 0 Å². The van der Waals surface area contributed by atoms with Crippen molar-refractivity contribution in [2.24, 2.45) is 0 Å². The van der Waals surface area contributed by atoms with Crippen LogP contribution < -0.4 is 5.32 Å². The topological polar surface area (TPSA) is 15.3 Å². The SMILES string of the molecule is Cc1sc(CNCCN(C)C2CCCC2)cc1Br. The maximum atomic E-state index is 3.57. The summed E-state index contributed by atoms with van der Waals surface area (Å²) < 4.78 is 1.24. The van der Waals surface area contributed by atoms with Crippen molar-refractivity contribution < 1.29 is 0 Å². The number of rotatable bonds is 6. The van der Waals surface area contributed by atoms with E-state index < -0.39 is 0 Å². The molecule has 2 rings (SSSR count). The monoisotopic (exact) mass is 330 g/mol. The van der Waals surface area contributed by atoms with Crippen LogP contribution in [-0.4, -0.2) is 31.1 Å². The van der Waals surface area contributed by atoms with Crippen molar-refractivity contribution in [3.05, 3.63) is 20.3 Å². The van der Waals surface area contributed by atoms with Gasteiger partial charge < -0.3 is 10.2 Å². The number of nitrogens with one attached hydrogen (secondary N) is 1. The largest absolute Gasteiger partial charge is 0.311 e. The highest BCUT2D eigenvalue weighted by molar-refractivity contribution is 9.10. The normalized spacial score (nSPS) is 16.9. The number of aryl methyl sites for hydroxylation is 1. The molecule has 0 unspecified atom stereocenters. The Kier molecular flexibility index (Phi) is 5.67. The molecule has 1 fully saturated rings. The van der Waals surface area contributed by atoms with Gasteiger partial charge in [0.15, 0.2) is 0 Å². The van der Waals surface area contributed by atoms with Crippen LogP contribution in [0.3, 0.4) is 0 Å². The minimum atomic E-state index is 0.838. The summed E-state index contributed by atoms with van der Waals surface area (Å²) in [6.45, 7) is 5.40. The molecule has 0 bridgehead atoms. The Morgan fingerprint density at radius 2 is 2.17 bits per heavy atom. The molecule has 0 radical (unpaired) electrons. The third-order valence-electron chi connectivity index (χ3n) is 3.80. The second-order valence-electron chi connectivity index (χ2n) is 5.21. The summed E-state index contributed by atoms with van der Waals surface area (Å²) in [6, 6.07) is 3.07. The van der Waals surface area contributed by atoms with E-state index in [1.807, 2.05) is 11.3 Å². The average Bonchev–Trinajstić information content (AvgIpc) is 2.96. The lowest BCUT2D eigenvalue weighted by atomic mass is 10.2. The molecule has 4 heteroatoms. The van der Waals surface area contributed by atoms with Crippen molar-refractivity contribution in [3.8, 4) is 0 Å². The third kappa shape index (κ3) is 4.05. The van der Waals surface area contributed by atoms with Crippen LogP contribution in [0.15, 0.2) is 10.5 Å². The molecule has 1 N–H and O–H groups in total. The van der Waals surface area contributed by atoms with E-state index in [9.17, 15) is 0 Å². The van der Waals surface area contributed by atoms with Gasteiger partial charge in [-0.15, -0.1) is 11.3 Å². The number of thiophene rings is 1. The van der Waals surface area contributed by atoms with Crippen molar-refractivity contribution in [2.75, 3.05) is 20.1 Å². The van der Waals surface area contributed by atoms with E-state index in [2.05, 4.69) is 46.2 Å². The third-order valence-corrected chi connectivity index (χ3v) is 5.93. The molecule has 18 heavy (non-hydrogen) atoms. The van der Waals surface area contributed by atoms with Crippen LogP contribution in [0.2, 0.25) is 0 Å². The first-order chi connectivity index (χ1) is 8.66. The van der Waals surface area contributed by atoms with Gasteiger partial charge in [0.05, 0.1) is 0 Å². The molecule has 0 amide bonds. The van der Waals surface area contributed by atoms with E-state index in [0.717, 1.165) is 25.7 Å². The maximum Gasteiger partial charge on any atom is 0.0314 e. The van der Waals surface area contributed by atoms with Gasteiger partial charge in [-0.1, -0.05) is 12.8 Å². The molecular formula is C14H23BrN2S. The van der Waals surface area contributed by atoms with Crippen LogP contribution in [0.5, 0.6) is 0 Å². The quantitative estimate of drug-likeness (QED) is 0.798. The Hall–Kier alpha value is 0.100. The molecular weight excluding hydrogens is 308 g/mol. The van der Waals surface area contributed by atoms with Gasteiger partial charge in [-0.2, -0.15) is 0 Å². The molecule has 0 spiro atoms. The van der Waals surface area contributed by atoms with E-state index in [1.54, 1.807) is 0 Å². The number of nitrogens with zero attached hydrogens (tertiary/aromatic N) is 1. The Balaban J connectivity index is 1.63. The molecule has 1 aliphatic carbocycles. The summed E-state index contributed by atoms with van der Waals surface area (Å²) in [4.78, 5) is 5.31. The molecule has 1 aromatic heterocycles. The number of halogens is 1. The molecule has 0 atom stereocenters. The zero-order valence-corrected chi connectivity index (χ0v) is 13.7. The second-order valence-corrected chi connectivity index (χ2v) is 7.41. The smallest absolute Gasteiger partial charge is 0.0314 e. The van der Waals surface area contributed by atoms with Crippen molar-refractivity contribution in [1.29, 1.82) is 0 Å². The Morgan fingerprint density at radius 1 is 1.44 bits per heavy atom. The lowest BCUT2D eigenvalue weighted by Gasteiger charge is -2.23. The number of hydrogen-bond donors (Lipinski definition) is 1. The number of hydrogen-bond acceptors (Lipinski definition) is 3. The molecule has 1 heterocycles. The molecule has 1 aliphatic rings. The molecule has 1 saturated carbocycles. The summed E-state index contributed by atoms with van der Waals surface area (Å²) in [5.74, 6) is 0. The number of likely N-dealkylation sites (N-methyl/N-ethyl adjacent to an activating group) is 1. The highest BCUT2D eigenvalue weighted by atomic mass is 79.9. The fourth-order valence-electron chi connectivity index (χ4n) is 2.60. The zero-order valence-electron chi connectivity index (χ0n) is 11.3. The molecule has 2 nitrogen and oxygen atoms in total. The molecule has 0 aliphatic heterocycles. The summed E-state index contributed by atoms with van der Waals surface area (Å²) in [5, 5.41) is 3.54. The predicted octanol–water partition coefficient (Wildman–Crippen LogP) is 3.78. The van der Waals surface area contributed by atoms with Crippen LogP contribution in [0.4, 0.5) is 0 Å².